The van der Waals surface area contributed by atoms with Gasteiger partial charge in [-0.05, 0) is 37.7 Å². The third kappa shape index (κ3) is 2.51. The van der Waals surface area contributed by atoms with E-state index in [-0.39, 0.29) is 17.1 Å². The summed E-state index contributed by atoms with van der Waals surface area (Å²) >= 11 is 0. The van der Waals surface area contributed by atoms with E-state index in [1.807, 2.05) is 17.6 Å². The highest BCUT2D eigenvalue weighted by atomic mass is 16.2. The lowest BCUT2D eigenvalue weighted by Crippen LogP contribution is -2.32. The van der Waals surface area contributed by atoms with E-state index < -0.39 is 0 Å². The van der Waals surface area contributed by atoms with Crippen LogP contribution in [0.3, 0.4) is 0 Å². The van der Waals surface area contributed by atoms with Gasteiger partial charge in [0.15, 0.2) is 5.78 Å². The van der Waals surface area contributed by atoms with Crippen LogP contribution < -0.4 is 5.32 Å². The number of carbonyl (C=O) groups excluding carboxylic acids is 2. The molecule has 1 aromatic rings. The number of nitrogens with one attached hydrogen (secondary N) is 1. The van der Waals surface area contributed by atoms with Gasteiger partial charge >= 0.3 is 0 Å². The summed E-state index contributed by atoms with van der Waals surface area (Å²) in [6.45, 7) is 6.54. The summed E-state index contributed by atoms with van der Waals surface area (Å²) in [4.78, 5) is 24.3. The van der Waals surface area contributed by atoms with Crippen molar-refractivity contribution in [1.82, 2.24) is 9.88 Å². The number of fused-ring (bicyclic) bond motifs is 1. The third-order valence-corrected chi connectivity index (χ3v) is 4.25. The van der Waals surface area contributed by atoms with E-state index in [0.717, 1.165) is 36.2 Å². The largest absolute Gasteiger partial charge is 0.352 e. The molecular weight excluding hydrogens is 252 g/mol. The van der Waals surface area contributed by atoms with Gasteiger partial charge in [-0.2, -0.15) is 0 Å². The van der Waals surface area contributed by atoms with Crippen molar-refractivity contribution in [2.45, 2.75) is 59.0 Å². The zero-order valence-electron chi connectivity index (χ0n) is 12.5. The van der Waals surface area contributed by atoms with E-state index in [0.29, 0.717) is 19.0 Å². The Morgan fingerprint density at radius 3 is 2.75 bits per heavy atom. The molecule has 0 unspecified atom stereocenters. The van der Waals surface area contributed by atoms with Gasteiger partial charge in [-0.3, -0.25) is 9.59 Å². The van der Waals surface area contributed by atoms with Crippen LogP contribution in [0.15, 0.2) is 6.07 Å². The fourth-order valence-electron chi connectivity index (χ4n) is 3.07. The topological polar surface area (TPSA) is 51.1 Å². The van der Waals surface area contributed by atoms with Crippen molar-refractivity contribution in [3.05, 3.63) is 23.0 Å². The molecule has 4 nitrogen and oxygen atoms in total. The van der Waals surface area contributed by atoms with Crippen molar-refractivity contribution in [3.8, 4) is 0 Å². The van der Waals surface area contributed by atoms with E-state index >= 15 is 0 Å². The highest BCUT2D eigenvalue weighted by Crippen LogP contribution is 2.36. The molecule has 3 rings (SSSR count). The molecule has 0 aliphatic heterocycles. The number of carbonyl (C=O) groups is 2. The van der Waals surface area contributed by atoms with Gasteiger partial charge in [0, 0.05) is 29.4 Å². The number of aryl methyl sites for hydroxylation is 1. The molecule has 0 atom stereocenters. The highest BCUT2D eigenvalue weighted by molar-refractivity contribution is 5.99. The van der Waals surface area contributed by atoms with E-state index in [9.17, 15) is 9.59 Å². The Bertz CT molecular complexity index is 580. The second kappa shape index (κ2) is 4.47. The van der Waals surface area contributed by atoms with Gasteiger partial charge in [-0.1, -0.05) is 13.8 Å². The quantitative estimate of drug-likeness (QED) is 0.919. The number of ketones is 1. The summed E-state index contributed by atoms with van der Waals surface area (Å²) in [5, 5.41) is 3.01. The standard InChI is InChI=1S/C16H22N2O2/c1-10-6-12-13(7-16(2,3)8-14(12)19)18(10)9-15(20)17-11-4-5-11/h6,11H,4-5,7-9H2,1-3H3,(H,17,20). The normalized spacial score (nSPS) is 20.6. The first-order valence-electron chi connectivity index (χ1n) is 7.37. The van der Waals surface area contributed by atoms with Crippen LogP contribution in [0.2, 0.25) is 0 Å². The fourth-order valence-corrected chi connectivity index (χ4v) is 3.07. The number of hydrogen-bond donors (Lipinski definition) is 1. The number of hydrogen-bond acceptors (Lipinski definition) is 2. The van der Waals surface area contributed by atoms with E-state index in [1.54, 1.807) is 0 Å². The van der Waals surface area contributed by atoms with Crippen LogP contribution in [0, 0.1) is 12.3 Å². The molecule has 108 valence electrons. The average molecular weight is 274 g/mol. The van der Waals surface area contributed by atoms with Gasteiger partial charge < -0.3 is 9.88 Å². The average Bonchev–Trinajstić information content (AvgIpc) is 3.07. The number of amides is 1. The maximum absolute atomic E-state index is 12.2. The predicted octanol–water partition coefficient (Wildman–Crippen LogP) is 2.23. The molecular formula is C16H22N2O2. The zero-order valence-corrected chi connectivity index (χ0v) is 12.5. The molecule has 20 heavy (non-hydrogen) atoms. The van der Waals surface area contributed by atoms with Gasteiger partial charge in [-0.25, -0.2) is 0 Å². The SMILES string of the molecule is Cc1cc2c(n1CC(=O)NC1CC1)CC(C)(C)CC2=O. The second-order valence-corrected chi connectivity index (χ2v) is 7.01. The number of rotatable bonds is 3. The lowest BCUT2D eigenvalue weighted by Gasteiger charge is -2.29. The Morgan fingerprint density at radius 2 is 2.10 bits per heavy atom. The predicted molar refractivity (Wildman–Crippen MR) is 76.8 cm³/mol. The first-order valence-corrected chi connectivity index (χ1v) is 7.37. The molecule has 2 aliphatic rings. The van der Waals surface area contributed by atoms with Crippen molar-refractivity contribution >= 4 is 11.7 Å². The minimum Gasteiger partial charge on any atom is -0.352 e. The number of nitrogens with zero attached hydrogens (tertiary/aromatic N) is 1. The molecule has 4 heteroatoms. The van der Waals surface area contributed by atoms with Crippen molar-refractivity contribution in [1.29, 1.82) is 0 Å². The summed E-state index contributed by atoms with van der Waals surface area (Å²) in [6, 6.07) is 2.32. The van der Waals surface area contributed by atoms with E-state index in [1.165, 1.54) is 0 Å². The number of aromatic nitrogens is 1. The van der Waals surface area contributed by atoms with Crippen LogP contribution in [-0.2, 0) is 17.8 Å². The number of Topliss-reactive ketones (excluding diaryl/α,β-unsaturated/α-hetero) is 1. The first kappa shape index (κ1) is 13.4. The van der Waals surface area contributed by atoms with Gasteiger partial charge in [-0.15, -0.1) is 0 Å². The van der Waals surface area contributed by atoms with Crippen molar-refractivity contribution in [2.24, 2.45) is 5.41 Å². The Hall–Kier alpha value is -1.58. The molecule has 0 aromatic carbocycles. The minimum absolute atomic E-state index is 0.0143. The van der Waals surface area contributed by atoms with E-state index in [2.05, 4.69) is 19.2 Å². The second-order valence-electron chi connectivity index (χ2n) is 7.01. The van der Waals surface area contributed by atoms with Gasteiger partial charge in [0.1, 0.15) is 6.54 Å². The van der Waals surface area contributed by atoms with Crippen molar-refractivity contribution in [3.63, 3.8) is 0 Å². The summed E-state index contributed by atoms with van der Waals surface area (Å²) in [5.41, 5.74) is 2.85. The third-order valence-electron chi connectivity index (χ3n) is 4.25. The molecule has 1 heterocycles. The molecule has 1 saturated carbocycles. The molecule has 0 spiro atoms. The Kier molecular flexibility index (Phi) is 3.00. The highest BCUT2D eigenvalue weighted by Gasteiger charge is 2.34. The molecule has 2 aliphatic carbocycles. The fraction of sp³-hybridized carbons (Fsp3) is 0.625. The van der Waals surface area contributed by atoms with Crippen LogP contribution in [0.1, 0.15) is 54.9 Å². The minimum atomic E-state index is -0.0143. The monoisotopic (exact) mass is 274 g/mol. The Morgan fingerprint density at radius 1 is 1.40 bits per heavy atom. The van der Waals surface area contributed by atoms with E-state index in [4.69, 9.17) is 0 Å². The van der Waals surface area contributed by atoms with Gasteiger partial charge in [0.2, 0.25) is 5.91 Å². The van der Waals surface area contributed by atoms with Crippen molar-refractivity contribution < 1.29 is 9.59 Å². The summed E-state index contributed by atoms with van der Waals surface area (Å²) in [7, 11) is 0. The summed E-state index contributed by atoms with van der Waals surface area (Å²) in [5.74, 6) is 0.269. The smallest absolute Gasteiger partial charge is 0.240 e. The van der Waals surface area contributed by atoms with Crippen LogP contribution in [-0.4, -0.2) is 22.3 Å². The van der Waals surface area contributed by atoms with Crippen LogP contribution in [0.4, 0.5) is 0 Å². The lowest BCUT2D eigenvalue weighted by atomic mass is 9.76. The summed E-state index contributed by atoms with van der Waals surface area (Å²) < 4.78 is 2.02. The molecule has 1 N–H and O–H groups in total. The Labute approximate surface area is 119 Å². The molecule has 1 aromatic heterocycles. The maximum Gasteiger partial charge on any atom is 0.240 e. The molecule has 1 amide bonds. The molecule has 1 fully saturated rings. The molecule has 0 saturated heterocycles. The lowest BCUT2D eigenvalue weighted by molar-refractivity contribution is -0.121. The van der Waals surface area contributed by atoms with Gasteiger partial charge in [0.05, 0.1) is 0 Å². The van der Waals surface area contributed by atoms with Crippen molar-refractivity contribution in [2.75, 3.05) is 0 Å². The molecule has 0 radical (unpaired) electrons. The van der Waals surface area contributed by atoms with Crippen LogP contribution in [0.25, 0.3) is 0 Å². The van der Waals surface area contributed by atoms with Crippen LogP contribution >= 0.6 is 0 Å². The summed E-state index contributed by atoms with van der Waals surface area (Å²) in [6.07, 6.45) is 3.65. The Balaban J connectivity index is 1.87. The zero-order chi connectivity index (χ0) is 14.5. The van der Waals surface area contributed by atoms with Crippen LogP contribution in [0.5, 0.6) is 0 Å². The molecule has 0 bridgehead atoms. The van der Waals surface area contributed by atoms with Gasteiger partial charge in [0.25, 0.3) is 0 Å². The first-order chi connectivity index (χ1) is 9.35. The maximum atomic E-state index is 12.2.